The molecule has 0 fully saturated rings. The molecule has 0 heterocycles. The van der Waals surface area contributed by atoms with Crippen molar-refractivity contribution >= 4 is 28.5 Å². The lowest BCUT2D eigenvalue weighted by atomic mass is 9.80. The van der Waals surface area contributed by atoms with Crippen molar-refractivity contribution in [3.8, 4) is 5.75 Å². The van der Waals surface area contributed by atoms with Gasteiger partial charge >= 0.3 is 7.12 Å². The van der Waals surface area contributed by atoms with Crippen LogP contribution in [0.5, 0.6) is 5.75 Å². The largest absolute Gasteiger partial charge is 0.489 e. The number of benzene rings is 2. The summed E-state index contributed by atoms with van der Waals surface area (Å²) in [6.07, 6.45) is 0. The molecule has 0 bridgehead atoms. The summed E-state index contributed by atoms with van der Waals surface area (Å²) in [5, 5.41) is 18.3. The first kappa shape index (κ1) is 13.1. The van der Waals surface area contributed by atoms with Crippen molar-refractivity contribution in [2.75, 3.05) is 0 Å². The molecule has 0 aliphatic heterocycles. The molecule has 0 aromatic heterocycles. The molecular formula is C13H12BBrO3. The van der Waals surface area contributed by atoms with E-state index in [1.807, 2.05) is 30.3 Å². The number of hydrogen-bond donors (Lipinski definition) is 2. The van der Waals surface area contributed by atoms with Gasteiger partial charge < -0.3 is 14.8 Å². The minimum absolute atomic E-state index is 0.396. The Morgan fingerprint density at radius 1 is 1.06 bits per heavy atom. The quantitative estimate of drug-likeness (QED) is 0.846. The van der Waals surface area contributed by atoms with Gasteiger partial charge in [-0.05, 0) is 29.2 Å². The fraction of sp³-hybridized carbons (Fsp3) is 0.0769. The van der Waals surface area contributed by atoms with Gasteiger partial charge in [0.1, 0.15) is 12.4 Å². The summed E-state index contributed by atoms with van der Waals surface area (Å²) in [4.78, 5) is 0. The molecule has 2 aromatic carbocycles. The highest BCUT2D eigenvalue weighted by atomic mass is 79.9. The number of rotatable bonds is 4. The van der Waals surface area contributed by atoms with Gasteiger partial charge in [0.2, 0.25) is 0 Å². The summed E-state index contributed by atoms with van der Waals surface area (Å²) in [6.45, 7) is 0.443. The Kier molecular flexibility index (Phi) is 4.41. The number of hydrogen-bond acceptors (Lipinski definition) is 3. The highest BCUT2D eigenvalue weighted by molar-refractivity contribution is 9.10. The first-order valence-corrected chi connectivity index (χ1v) is 6.28. The fourth-order valence-electron chi connectivity index (χ4n) is 1.56. The van der Waals surface area contributed by atoms with Gasteiger partial charge in [-0.15, -0.1) is 0 Å². The summed E-state index contributed by atoms with van der Waals surface area (Å²) in [5.74, 6) is 0.594. The van der Waals surface area contributed by atoms with Crippen molar-refractivity contribution in [2.24, 2.45) is 0 Å². The van der Waals surface area contributed by atoms with E-state index in [2.05, 4.69) is 15.9 Å². The zero-order valence-corrected chi connectivity index (χ0v) is 11.2. The van der Waals surface area contributed by atoms with E-state index in [1.165, 1.54) is 0 Å². The van der Waals surface area contributed by atoms with E-state index in [9.17, 15) is 0 Å². The normalized spacial score (nSPS) is 10.2. The average molecular weight is 307 g/mol. The van der Waals surface area contributed by atoms with Crippen molar-refractivity contribution in [3.05, 3.63) is 58.6 Å². The first-order chi connectivity index (χ1) is 8.65. The van der Waals surface area contributed by atoms with Crippen LogP contribution in [0.25, 0.3) is 0 Å². The smallest absolute Gasteiger partial charge is 0.488 e. The molecule has 0 unspecified atom stereocenters. The Morgan fingerprint density at radius 3 is 2.44 bits per heavy atom. The molecule has 0 aliphatic carbocycles. The molecule has 0 atom stereocenters. The Labute approximate surface area is 114 Å². The zero-order chi connectivity index (χ0) is 13.0. The third-order valence-corrected chi connectivity index (χ3v) is 2.90. The molecule has 3 nitrogen and oxygen atoms in total. The van der Waals surface area contributed by atoms with Crippen LogP contribution >= 0.6 is 15.9 Å². The summed E-state index contributed by atoms with van der Waals surface area (Å²) >= 11 is 3.31. The van der Waals surface area contributed by atoms with E-state index in [0.29, 0.717) is 17.8 Å². The molecule has 0 amide bonds. The topological polar surface area (TPSA) is 49.7 Å². The van der Waals surface area contributed by atoms with Crippen LogP contribution in [0.4, 0.5) is 0 Å². The van der Waals surface area contributed by atoms with Gasteiger partial charge in [-0.3, -0.25) is 0 Å². The molecule has 92 valence electrons. The first-order valence-electron chi connectivity index (χ1n) is 5.48. The average Bonchev–Trinajstić information content (AvgIpc) is 2.37. The summed E-state index contributed by atoms with van der Waals surface area (Å²) in [6, 6.07) is 14.8. The summed E-state index contributed by atoms with van der Waals surface area (Å²) in [7, 11) is -1.50. The third kappa shape index (κ3) is 3.60. The van der Waals surface area contributed by atoms with Crippen molar-refractivity contribution in [3.63, 3.8) is 0 Å². The summed E-state index contributed by atoms with van der Waals surface area (Å²) in [5.41, 5.74) is 1.45. The lowest BCUT2D eigenvalue weighted by Crippen LogP contribution is -2.29. The second kappa shape index (κ2) is 6.04. The van der Waals surface area contributed by atoms with E-state index in [4.69, 9.17) is 14.8 Å². The summed E-state index contributed by atoms with van der Waals surface area (Å²) < 4.78 is 6.36. The van der Waals surface area contributed by atoms with Crippen molar-refractivity contribution in [1.29, 1.82) is 0 Å². The lowest BCUT2D eigenvalue weighted by molar-refractivity contribution is 0.306. The maximum Gasteiger partial charge on any atom is 0.488 e. The predicted molar refractivity (Wildman–Crippen MR) is 74.7 cm³/mol. The predicted octanol–water partition coefficient (Wildman–Crippen LogP) is 1.71. The van der Waals surface area contributed by atoms with Crippen molar-refractivity contribution in [1.82, 2.24) is 0 Å². The maximum atomic E-state index is 9.14. The molecule has 5 heteroatoms. The van der Waals surface area contributed by atoms with E-state index in [-0.39, 0.29) is 0 Å². The Balaban J connectivity index is 2.10. The van der Waals surface area contributed by atoms with Gasteiger partial charge in [0.15, 0.2) is 0 Å². The van der Waals surface area contributed by atoms with Crippen LogP contribution in [-0.2, 0) is 6.61 Å². The maximum absolute atomic E-state index is 9.14. The molecule has 2 rings (SSSR count). The molecule has 0 saturated heterocycles. The number of ether oxygens (including phenoxy) is 1. The van der Waals surface area contributed by atoms with Crippen LogP contribution in [0, 0.1) is 0 Å². The monoisotopic (exact) mass is 306 g/mol. The van der Waals surface area contributed by atoms with Crippen LogP contribution in [0.2, 0.25) is 0 Å². The molecule has 18 heavy (non-hydrogen) atoms. The molecule has 0 spiro atoms. The molecule has 2 aromatic rings. The van der Waals surface area contributed by atoms with Gasteiger partial charge in [-0.2, -0.15) is 0 Å². The fourth-order valence-corrected chi connectivity index (χ4v) is 2.05. The highest BCUT2D eigenvalue weighted by Crippen LogP contribution is 2.18. The van der Waals surface area contributed by atoms with Gasteiger partial charge in [-0.1, -0.05) is 46.3 Å². The van der Waals surface area contributed by atoms with E-state index >= 15 is 0 Å². The molecule has 0 radical (unpaired) electrons. The van der Waals surface area contributed by atoms with E-state index in [1.54, 1.807) is 18.2 Å². The SMILES string of the molecule is OB(O)c1cc(Br)cc(OCc2ccccc2)c1. The van der Waals surface area contributed by atoms with Gasteiger partial charge in [0, 0.05) is 4.47 Å². The minimum atomic E-state index is -1.50. The van der Waals surface area contributed by atoms with E-state index < -0.39 is 7.12 Å². The van der Waals surface area contributed by atoms with Crippen LogP contribution in [0.15, 0.2) is 53.0 Å². The van der Waals surface area contributed by atoms with Crippen LogP contribution in [0.3, 0.4) is 0 Å². The second-order valence-corrected chi connectivity index (χ2v) is 4.78. The van der Waals surface area contributed by atoms with Gasteiger partial charge in [0.05, 0.1) is 0 Å². The van der Waals surface area contributed by atoms with E-state index in [0.717, 1.165) is 10.0 Å². The molecule has 0 aliphatic rings. The molecular weight excluding hydrogens is 295 g/mol. The van der Waals surface area contributed by atoms with Gasteiger partial charge in [0.25, 0.3) is 0 Å². The lowest BCUT2D eigenvalue weighted by Gasteiger charge is -2.09. The standard InChI is InChI=1S/C13H12BBrO3/c15-12-6-11(14(16)17)7-13(8-12)18-9-10-4-2-1-3-5-10/h1-8,16-17H,9H2. The zero-order valence-electron chi connectivity index (χ0n) is 9.58. The minimum Gasteiger partial charge on any atom is -0.489 e. The van der Waals surface area contributed by atoms with Crippen molar-refractivity contribution < 1.29 is 14.8 Å². The molecule has 0 saturated carbocycles. The van der Waals surface area contributed by atoms with Crippen LogP contribution < -0.4 is 10.2 Å². The van der Waals surface area contributed by atoms with Crippen LogP contribution in [0.1, 0.15) is 5.56 Å². The highest BCUT2D eigenvalue weighted by Gasteiger charge is 2.13. The number of halogens is 1. The third-order valence-electron chi connectivity index (χ3n) is 2.44. The van der Waals surface area contributed by atoms with Gasteiger partial charge in [-0.25, -0.2) is 0 Å². The second-order valence-electron chi connectivity index (χ2n) is 3.87. The van der Waals surface area contributed by atoms with Crippen LogP contribution in [-0.4, -0.2) is 17.2 Å². The Morgan fingerprint density at radius 2 is 1.78 bits per heavy atom. The Hall–Kier alpha value is -1.30. The Bertz CT molecular complexity index is 517. The van der Waals surface area contributed by atoms with Crippen molar-refractivity contribution in [2.45, 2.75) is 6.61 Å². The molecule has 2 N–H and O–H groups in total.